The van der Waals surface area contributed by atoms with Gasteiger partial charge in [-0.3, -0.25) is 0 Å². The fourth-order valence-corrected chi connectivity index (χ4v) is 2.15. The van der Waals surface area contributed by atoms with Gasteiger partial charge in [-0.1, -0.05) is 0 Å². The molecule has 0 aliphatic rings. The lowest BCUT2D eigenvalue weighted by Gasteiger charge is -2.04. The van der Waals surface area contributed by atoms with Crippen molar-refractivity contribution in [1.29, 1.82) is 0 Å². The van der Waals surface area contributed by atoms with E-state index in [0.717, 1.165) is 16.7 Å². The molecule has 5 heteroatoms. The maximum atomic E-state index is 12.2. The van der Waals surface area contributed by atoms with E-state index in [0.29, 0.717) is 17.2 Å². The summed E-state index contributed by atoms with van der Waals surface area (Å²) in [4.78, 5) is 15.2. The first-order chi connectivity index (χ1) is 10.7. The van der Waals surface area contributed by atoms with E-state index in [1.165, 1.54) is 0 Å². The standard InChI is InChI=1S/C17H15NO4/c1-20-12-5-7-13(8-6-12)22-17(19)16-9-11-3-4-14(21-2)10-15(11)18-16/h3-10,18H,1-2H3. The summed E-state index contributed by atoms with van der Waals surface area (Å²) in [5.41, 5.74) is 1.21. The van der Waals surface area contributed by atoms with Crippen LogP contribution in [0.4, 0.5) is 0 Å². The van der Waals surface area contributed by atoms with Crippen LogP contribution in [-0.2, 0) is 0 Å². The van der Waals surface area contributed by atoms with E-state index < -0.39 is 5.97 Å². The predicted octanol–water partition coefficient (Wildman–Crippen LogP) is 3.40. The van der Waals surface area contributed by atoms with Gasteiger partial charge in [-0.05, 0) is 42.5 Å². The molecule has 0 spiro atoms. The van der Waals surface area contributed by atoms with Crippen molar-refractivity contribution < 1.29 is 19.0 Å². The first-order valence-electron chi connectivity index (χ1n) is 6.72. The predicted molar refractivity (Wildman–Crippen MR) is 82.8 cm³/mol. The molecule has 3 rings (SSSR count). The van der Waals surface area contributed by atoms with Gasteiger partial charge in [0.1, 0.15) is 22.9 Å². The molecule has 0 radical (unpaired) electrons. The van der Waals surface area contributed by atoms with Crippen LogP contribution in [0.5, 0.6) is 17.2 Å². The van der Waals surface area contributed by atoms with Gasteiger partial charge in [0.2, 0.25) is 0 Å². The summed E-state index contributed by atoms with van der Waals surface area (Å²) < 4.78 is 15.6. The summed E-state index contributed by atoms with van der Waals surface area (Å²) in [5, 5.41) is 0.919. The number of benzene rings is 2. The lowest BCUT2D eigenvalue weighted by Crippen LogP contribution is -2.08. The van der Waals surface area contributed by atoms with Crippen molar-refractivity contribution in [3.8, 4) is 17.2 Å². The van der Waals surface area contributed by atoms with Gasteiger partial charge in [0.15, 0.2) is 0 Å². The monoisotopic (exact) mass is 297 g/mol. The summed E-state index contributed by atoms with van der Waals surface area (Å²) in [7, 11) is 3.18. The van der Waals surface area contributed by atoms with Gasteiger partial charge >= 0.3 is 5.97 Å². The summed E-state index contributed by atoms with van der Waals surface area (Å²) in [6.07, 6.45) is 0. The van der Waals surface area contributed by atoms with Crippen molar-refractivity contribution in [2.45, 2.75) is 0 Å². The second kappa shape index (κ2) is 5.81. The van der Waals surface area contributed by atoms with Crippen LogP contribution in [-0.4, -0.2) is 25.2 Å². The molecule has 0 bridgehead atoms. The number of fused-ring (bicyclic) bond motifs is 1. The molecule has 0 aliphatic heterocycles. The van der Waals surface area contributed by atoms with Gasteiger partial charge in [0.05, 0.1) is 14.2 Å². The molecule has 0 unspecified atom stereocenters. The zero-order valence-electron chi connectivity index (χ0n) is 12.3. The SMILES string of the molecule is COc1ccc(OC(=O)c2cc3ccc(OC)cc3[nH]2)cc1. The van der Waals surface area contributed by atoms with Gasteiger partial charge in [-0.15, -0.1) is 0 Å². The Morgan fingerprint density at radius 3 is 2.18 bits per heavy atom. The third-order valence-electron chi connectivity index (χ3n) is 3.32. The van der Waals surface area contributed by atoms with Crippen molar-refractivity contribution in [3.63, 3.8) is 0 Å². The number of H-pyrrole nitrogens is 1. The number of nitrogens with one attached hydrogen (secondary N) is 1. The Hall–Kier alpha value is -2.95. The van der Waals surface area contributed by atoms with Crippen LogP contribution < -0.4 is 14.2 Å². The number of aromatic nitrogens is 1. The Labute approximate surface area is 127 Å². The minimum atomic E-state index is -0.444. The van der Waals surface area contributed by atoms with Gasteiger partial charge in [0, 0.05) is 17.0 Å². The highest BCUT2D eigenvalue weighted by Crippen LogP contribution is 2.23. The van der Waals surface area contributed by atoms with Gasteiger partial charge in [-0.2, -0.15) is 0 Å². The maximum absolute atomic E-state index is 12.2. The van der Waals surface area contributed by atoms with Gasteiger partial charge < -0.3 is 19.2 Å². The second-order valence-electron chi connectivity index (χ2n) is 4.70. The van der Waals surface area contributed by atoms with Crippen LogP contribution in [0, 0.1) is 0 Å². The zero-order valence-corrected chi connectivity index (χ0v) is 12.3. The topological polar surface area (TPSA) is 60.6 Å². The number of aromatic amines is 1. The fraction of sp³-hybridized carbons (Fsp3) is 0.118. The average molecular weight is 297 g/mol. The fourth-order valence-electron chi connectivity index (χ4n) is 2.15. The molecule has 0 aliphatic carbocycles. The Balaban J connectivity index is 1.81. The van der Waals surface area contributed by atoms with Crippen LogP contribution in [0.3, 0.4) is 0 Å². The third kappa shape index (κ3) is 2.74. The van der Waals surface area contributed by atoms with E-state index >= 15 is 0 Å². The summed E-state index contributed by atoms with van der Waals surface area (Å²) in [5.74, 6) is 1.45. The number of ether oxygens (including phenoxy) is 3. The van der Waals surface area contributed by atoms with Gasteiger partial charge in [0.25, 0.3) is 0 Å². The van der Waals surface area contributed by atoms with E-state index in [1.807, 2.05) is 18.2 Å². The number of carbonyl (C=O) groups excluding carboxylic acids is 1. The summed E-state index contributed by atoms with van der Waals surface area (Å²) >= 11 is 0. The maximum Gasteiger partial charge on any atom is 0.360 e. The number of hydrogen-bond acceptors (Lipinski definition) is 4. The second-order valence-corrected chi connectivity index (χ2v) is 4.70. The zero-order chi connectivity index (χ0) is 15.5. The number of rotatable bonds is 4. The Morgan fingerprint density at radius 2 is 1.50 bits per heavy atom. The molecule has 0 saturated heterocycles. The van der Waals surface area contributed by atoms with Crippen molar-refractivity contribution in [3.05, 3.63) is 54.2 Å². The number of esters is 1. The Kier molecular flexibility index (Phi) is 3.70. The summed E-state index contributed by atoms with van der Waals surface area (Å²) in [6.45, 7) is 0. The minimum absolute atomic E-state index is 0.388. The van der Waals surface area contributed by atoms with E-state index in [-0.39, 0.29) is 0 Å². The van der Waals surface area contributed by atoms with E-state index in [9.17, 15) is 4.79 Å². The molecule has 22 heavy (non-hydrogen) atoms. The van der Waals surface area contributed by atoms with Crippen LogP contribution in [0.25, 0.3) is 10.9 Å². The Bertz CT molecular complexity index is 805. The molecule has 2 aromatic carbocycles. The third-order valence-corrected chi connectivity index (χ3v) is 3.32. The highest BCUT2D eigenvalue weighted by Gasteiger charge is 2.12. The molecular formula is C17H15NO4. The highest BCUT2D eigenvalue weighted by atomic mass is 16.5. The molecule has 0 fully saturated rings. The first kappa shape index (κ1) is 14.0. The Morgan fingerprint density at radius 1 is 0.864 bits per heavy atom. The quantitative estimate of drug-likeness (QED) is 0.592. The highest BCUT2D eigenvalue weighted by molar-refractivity contribution is 5.96. The normalized spacial score (nSPS) is 10.5. The van der Waals surface area contributed by atoms with Crippen LogP contribution in [0.15, 0.2) is 48.5 Å². The van der Waals surface area contributed by atoms with E-state index in [1.54, 1.807) is 44.6 Å². The number of carbonyl (C=O) groups is 1. The van der Waals surface area contributed by atoms with Crippen LogP contribution in [0.1, 0.15) is 10.5 Å². The molecule has 0 atom stereocenters. The van der Waals surface area contributed by atoms with Gasteiger partial charge in [-0.25, -0.2) is 4.79 Å². The first-order valence-corrected chi connectivity index (χ1v) is 6.72. The van der Waals surface area contributed by atoms with Crippen molar-refractivity contribution >= 4 is 16.9 Å². The molecule has 5 nitrogen and oxygen atoms in total. The molecule has 3 aromatic rings. The van der Waals surface area contributed by atoms with E-state index in [2.05, 4.69) is 4.98 Å². The molecular weight excluding hydrogens is 282 g/mol. The largest absolute Gasteiger partial charge is 0.497 e. The van der Waals surface area contributed by atoms with Crippen molar-refractivity contribution in [2.75, 3.05) is 14.2 Å². The smallest absolute Gasteiger partial charge is 0.360 e. The molecule has 0 saturated carbocycles. The van der Waals surface area contributed by atoms with Crippen molar-refractivity contribution in [1.82, 2.24) is 4.98 Å². The van der Waals surface area contributed by atoms with Crippen LogP contribution >= 0.6 is 0 Å². The molecule has 0 amide bonds. The lowest BCUT2D eigenvalue weighted by atomic mass is 10.2. The lowest BCUT2D eigenvalue weighted by molar-refractivity contribution is 0.0729. The number of methoxy groups -OCH3 is 2. The molecule has 1 aromatic heterocycles. The van der Waals surface area contributed by atoms with E-state index in [4.69, 9.17) is 14.2 Å². The molecule has 112 valence electrons. The van der Waals surface area contributed by atoms with Crippen molar-refractivity contribution in [2.24, 2.45) is 0 Å². The average Bonchev–Trinajstić information content (AvgIpc) is 2.98. The summed E-state index contributed by atoms with van der Waals surface area (Å²) in [6, 6.07) is 14.1. The molecule has 1 N–H and O–H groups in total. The van der Waals surface area contributed by atoms with Crippen LogP contribution in [0.2, 0.25) is 0 Å². The minimum Gasteiger partial charge on any atom is -0.497 e. The number of hydrogen-bond donors (Lipinski definition) is 1. The molecule has 1 heterocycles.